The number of hydrogen-bond donors (Lipinski definition) is 0. The number of hydrogen-bond acceptors (Lipinski definition) is 8. The van der Waals surface area contributed by atoms with E-state index in [0.717, 1.165) is 5.56 Å². The van der Waals surface area contributed by atoms with Gasteiger partial charge in [-0.2, -0.15) is 10.2 Å². The summed E-state index contributed by atoms with van der Waals surface area (Å²) in [4.78, 5) is 15.4. The Morgan fingerprint density at radius 1 is 1.19 bits per heavy atom. The molecule has 0 unspecified atom stereocenters. The van der Waals surface area contributed by atoms with Crippen LogP contribution < -0.4 is 0 Å². The van der Waals surface area contributed by atoms with Gasteiger partial charge in [-0.1, -0.05) is 17.7 Å². The fourth-order valence-corrected chi connectivity index (χ4v) is 3.58. The van der Waals surface area contributed by atoms with Crippen molar-refractivity contribution in [3.63, 3.8) is 0 Å². The molecule has 1 aromatic carbocycles. The van der Waals surface area contributed by atoms with Crippen molar-refractivity contribution in [1.29, 1.82) is 5.26 Å². The highest BCUT2D eigenvalue weighted by molar-refractivity contribution is 7.90. The van der Waals surface area contributed by atoms with Crippen LogP contribution in [0.4, 0.5) is 0 Å². The standard InChI is InChI=1S/C18H14N2O6S/c1-11-3-5-12(6-4-11)16-20-14(9-19)18(26-16)27(22,23)10-13-7-8-15(25-13)17(21)24-2/h3-8H,10H2,1-2H3. The van der Waals surface area contributed by atoms with Gasteiger partial charge in [0.2, 0.25) is 21.5 Å². The minimum atomic E-state index is -4.07. The fourth-order valence-electron chi connectivity index (χ4n) is 2.33. The number of sulfone groups is 1. The molecule has 2 heterocycles. The Labute approximate surface area is 154 Å². The van der Waals surface area contributed by atoms with Crippen LogP contribution in [0.5, 0.6) is 0 Å². The molecule has 9 heteroatoms. The summed E-state index contributed by atoms with van der Waals surface area (Å²) in [6.45, 7) is 1.90. The maximum Gasteiger partial charge on any atom is 0.373 e. The van der Waals surface area contributed by atoms with Gasteiger partial charge in [-0.25, -0.2) is 13.2 Å². The minimum absolute atomic E-state index is 0.00701. The van der Waals surface area contributed by atoms with Crippen molar-refractivity contribution in [2.75, 3.05) is 7.11 Å². The molecule has 3 rings (SSSR count). The third-order valence-corrected chi connectivity index (χ3v) is 5.17. The summed E-state index contributed by atoms with van der Waals surface area (Å²) in [6, 6.07) is 11.4. The lowest BCUT2D eigenvalue weighted by molar-refractivity contribution is 0.0563. The zero-order valence-corrected chi connectivity index (χ0v) is 15.2. The number of oxazole rings is 1. The molecule has 0 saturated heterocycles. The van der Waals surface area contributed by atoms with Crippen LogP contribution in [0, 0.1) is 18.3 Å². The summed E-state index contributed by atoms with van der Waals surface area (Å²) in [5.41, 5.74) is 1.22. The smallest absolute Gasteiger partial charge is 0.373 e. The van der Waals surface area contributed by atoms with Crippen molar-refractivity contribution in [3.8, 4) is 17.5 Å². The number of nitriles is 1. The monoisotopic (exact) mass is 386 g/mol. The number of furan rings is 1. The highest BCUT2D eigenvalue weighted by Gasteiger charge is 2.29. The van der Waals surface area contributed by atoms with Gasteiger partial charge in [0.1, 0.15) is 17.6 Å². The first-order valence-corrected chi connectivity index (χ1v) is 9.37. The Bertz CT molecular complexity index is 1130. The van der Waals surface area contributed by atoms with Gasteiger partial charge in [0.15, 0.2) is 5.69 Å². The SMILES string of the molecule is COC(=O)c1ccc(CS(=O)(=O)c2oc(-c3ccc(C)cc3)nc2C#N)o1. The minimum Gasteiger partial charge on any atom is -0.463 e. The van der Waals surface area contributed by atoms with Gasteiger partial charge in [0, 0.05) is 5.56 Å². The Balaban J connectivity index is 1.94. The van der Waals surface area contributed by atoms with Gasteiger partial charge in [-0.15, -0.1) is 0 Å². The van der Waals surface area contributed by atoms with Crippen LogP contribution >= 0.6 is 0 Å². The van der Waals surface area contributed by atoms with Crippen LogP contribution in [0.3, 0.4) is 0 Å². The molecule has 0 bridgehead atoms. The maximum absolute atomic E-state index is 12.7. The number of ether oxygens (including phenoxy) is 1. The molecule has 27 heavy (non-hydrogen) atoms. The van der Waals surface area contributed by atoms with E-state index in [4.69, 9.17) is 8.83 Å². The first-order valence-electron chi connectivity index (χ1n) is 7.72. The summed E-state index contributed by atoms with van der Waals surface area (Å²) in [7, 11) is -2.89. The molecule has 0 saturated carbocycles. The summed E-state index contributed by atoms with van der Waals surface area (Å²) in [5.74, 6) is -1.41. The maximum atomic E-state index is 12.7. The van der Waals surface area contributed by atoms with E-state index in [1.807, 2.05) is 19.1 Å². The third kappa shape index (κ3) is 3.75. The lowest BCUT2D eigenvalue weighted by Gasteiger charge is -1.99. The number of carbonyl (C=O) groups excluding carboxylic acids is 1. The molecule has 2 aromatic heterocycles. The molecule has 0 fully saturated rings. The Kier molecular flexibility index (Phi) is 4.83. The van der Waals surface area contributed by atoms with Crippen LogP contribution in [-0.2, 0) is 20.3 Å². The second-order valence-electron chi connectivity index (χ2n) is 5.65. The van der Waals surface area contributed by atoms with Gasteiger partial charge < -0.3 is 13.6 Å². The Hall–Kier alpha value is -3.38. The van der Waals surface area contributed by atoms with E-state index in [-0.39, 0.29) is 23.1 Å². The summed E-state index contributed by atoms with van der Waals surface area (Å²) in [5, 5.41) is 8.69. The highest BCUT2D eigenvalue weighted by Crippen LogP contribution is 2.28. The molecule has 0 aliphatic rings. The normalized spacial score (nSPS) is 11.1. The largest absolute Gasteiger partial charge is 0.463 e. The van der Waals surface area contributed by atoms with E-state index in [1.165, 1.54) is 19.2 Å². The quantitative estimate of drug-likeness (QED) is 0.613. The van der Waals surface area contributed by atoms with Crippen LogP contribution in [0.2, 0.25) is 0 Å². The van der Waals surface area contributed by atoms with Gasteiger partial charge >= 0.3 is 5.97 Å². The molecule has 8 nitrogen and oxygen atoms in total. The molecule has 0 aliphatic heterocycles. The zero-order valence-electron chi connectivity index (χ0n) is 14.4. The van der Waals surface area contributed by atoms with Crippen LogP contribution in [0.1, 0.15) is 27.6 Å². The van der Waals surface area contributed by atoms with Crippen LogP contribution in [0.25, 0.3) is 11.5 Å². The number of methoxy groups -OCH3 is 1. The molecule has 0 radical (unpaired) electrons. The molecular weight excluding hydrogens is 372 g/mol. The van der Waals surface area contributed by atoms with E-state index in [2.05, 4.69) is 9.72 Å². The number of carbonyl (C=O) groups is 1. The van der Waals surface area contributed by atoms with E-state index in [1.54, 1.807) is 18.2 Å². The van der Waals surface area contributed by atoms with Gasteiger partial charge in [-0.3, -0.25) is 0 Å². The number of esters is 1. The van der Waals surface area contributed by atoms with E-state index in [9.17, 15) is 18.5 Å². The predicted octanol–water partition coefficient (Wildman–Crippen LogP) is 2.88. The van der Waals surface area contributed by atoms with Gasteiger partial charge in [0.05, 0.1) is 7.11 Å². The summed E-state index contributed by atoms with van der Waals surface area (Å²) >= 11 is 0. The molecule has 0 amide bonds. The van der Waals surface area contributed by atoms with Crippen molar-refractivity contribution in [3.05, 3.63) is 59.2 Å². The van der Waals surface area contributed by atoms with Crippen molar-refractivity contribution >= 4 is 15.8 Å². The molecule has 3 aromatic rings. The van der Waals surface area contributed by atoms with Crippen molar-refractivity contribution in [1.82, 2.24) is 4.98 Å². The average molecular weight is 386 g/mol. The number of nitrogens with zero attached hydrogens (tertiary/aromatic N) is 2. The molecule has 0 N–H and O–H groups in total. The van der Waals surface area contributed by atoms with Crippen LogP contribution in [0.15, 0.2) is 50.3 Å². The Morgan fingerprint density at radius 3 is 2.52 bits per heavy atom. The van der Waals surface area contributed by atoms with Crippen molar-refractivity contribution < 1.29 is 26.8 Å². The number of aryl methyl sites for hydroxylation is 1. The Morgan fingerprint density at radius 2 is 1.89 bits per heavy atom. The van der Waals surface area contributed by atoms with Gasteiger partial charge in [-0.05, 0) is 31.2 Å². The first kappa shape index (κ1) is 18.4. The molecule has 0 spiro atoms. The predicted molar refractivity (Wildman–Crippen MR) is 92.3 cm³/mol. The molecular formula is C18H14N2O6S. The molecule has 0 atom stereocenters. The zero-order chi connectivity index (χ0) is 19.6. The van der Waals surface area contributed by atoms with Crippen LogP contribution in [-0.4, -0.2) is 26.5 Å². The second-order valence-corrected chi connectivity index (χ2v) is 7.54. The lowest BCUT2D eigenvalue weighted by atomic mass is 10.1. The van der Waals surface area contributed by atoms with Crippen molar-refractivity contribution in [2.24, 2.45) is 0 Å². The van der Waals surface area contributed by atoms with E-state index >= 15 is 0 Å². The topological polar surface area (TPSA) is 123 Å². The number of rotatable bonds is 5. The molecule has 138 valence electrons. The first-order chi connectivity index (χ1) is 12.8. The van der Waals surface area contributed by atoms with Gasteiger partial charge in [0.25, 0.3) is 5.09 Å². The fraction of sp³-hybridized carbons (Fsp3) is 0.167. The third-order valence-electron chi connectivity index (χ3n) is 3.66. The molecule has 0 aliphatic carbocycles. The summed E-state index contributed by atoms with van der Waals surface area (Å²) < 4.78 is 40.4. The highest BCUT2D eigenvalue weighted by atomic mass is 32.2. The summed E-state index contributed by atoms with van der Waals surface area (Å²) in [6.07, 6.45) is 0. The van der Waals surface area contributed by atoms with E-state index in [0.29, 0.717) is 5.56 Å². The average Bonchev–Trinajstić information content (AvgIpc) is 3.28. The number of benzene rings is 1. The lowest BCUT2D eigenvalue weighted by Crippen LogP contribution is -2.05. The van der Waals surface area contributed by atoms with E-state index < -0.39 is 26.7 Å². The van der Waals surface area contributed by atoms with Crippen molar-refractivity contribution in [2.45, 2.75) is 17.8 Å². The second kappa shape index (κ2) is 7.09. The number of aromatic nitrogens is 1.